The summed E-state index contributed by atoms with van der Waals surface area (Å²) in [4.78, 5) is 38.5. The maximum atomic E-state index is 13.3. The van der Waals surface area contributed by atoms with Gasteiger partial charge in [0, 0.05) is 29.3 Å². The molecule has 1 aliphatic carbocycles. The third-order valence-corrected chi connectivity index (χ3v) is 9.04. The van der Waals surface area contributed by atoms with Gasteiger partial charge in [0.25, 0.3) is 0 Å². The highest BCUT2D eigenvalue weighted by atomic mass is 35.5. The number of ether oxygens (including phenoxy) is 1. The number of carbonyl (C=O) groups is 3. The van der Waals surface area contributed by atoms with E-state index in [4.69, 9.17) is 74.3 Å². The highest BCUT2D eigenvalue weighted by Crippen LogP contribution is 2.65. The third-order valence-electron chi connectivity index (χ3n) is 6.57. The summed E-state index contributed by atoms with van der Waals surface area (Å²) >= 11 is 37.6. The summed E-state index contributed by atoms with van der Waals surface area (Å²) in [6.07, 6.45) is -0.527. The molecule has 0 bridgehead atoms. The molecule has 1 aliphatic rings. The maximum absolute atomic E-state index is 13.3. The van der Waals surface area contributed by atoms with E-state index < -0.39 is 33.8 Å². The summed E-state index contributed by atoms with van der Waals surface area (Å²) in [6, 6.07) is 13.0. The normalized spacial score (nSPS) is 17.4. The molecule has 1 fully saturated rings. The maximum Gasteiger partial charge on any atom is 0.412 e. The van der Waals surface area contributed by atoms with Crippen LogP contribution in [0.5, 0.6) is 0 Å². The zero-order valence-electron chi connectivity index (χ0n) is 22.9. The molecule has 12 heteroatoms. The first-order valence-corrected chi connectivity index (χ1v) is 15.0. The number of carbonyl (C=O) groups excluding carboxylic acids is 3. The SMILES string of the molecule is Cc1cc(NC(=O)OC(C)(C)C)ccc1CC(=O)c1cc(NC(=O)C2C(c3cc(Cl)c(Cl)c(Cl)c3)C2(Cl)Cl)ccc1Cl. The number of amides is 2. The van der Waals surface area contributed by atoms with Crippen molar-refractivity contribution in [3.63, 3.8) is 0 Å². The van der Waals surface area contributed by atoms with Gasteiger partial charge < -0.3 is 10.1 Å². The Hall–Kier alpha value is -2.19. The molecule has 6 nitrogen and oxygen atoms in total. The zero-order valence-corrected chi connectivity index (χ0v) is 27.4. The van der Waals surface area contributed by atoms with Crippen molar-refractivity contribution in [2.45, 2.75) is 50.0 Å². The molecule has 2 unspecified atom stereocenters. The second-order valence-electron chi connectivity index (χ2n) is 11.0. The minimum Gasteiger partial charge on any atom is -0.444 e. The van der Waals surface area contributed by atoms with Crippen LogP contribution in [0.4, 0.5) is 16.2 Å². The van der Waals surface area contributed by atoms with Crippen LogP contribution in [0.1, 0.15) is 53.7 Å². The molecule has 4 rings (SSSR count). The number of alkyl halides is 2. The number of Topliss-reactive ketones (excluding diaryl/α,β-unsaturated/α-hetero) is 1. The summed E-state index contributed by atoms with van der Waals surface area (Å²) in [6.45, 7) is 7.16. The molecule has 2 atom stereocenters. The van der Waals surface area contributed by atoms with Crippen LogP contribution >= 0.6 is 69.6 Å². The van der Waals surface area contributed by atoms with E-state index in [0.29, 0.717) is 16.9 Å². The van der Waals surface area contributed by atoms with Crippen LogP contribution in [-0.2, 0) is 16.0 Å². The van der Waals surface area contributed by atoms with Gasteiger partial charge in [-0.2, -0.15) is 0 Å². The van der Waals surface area contributed by atoms with Crippen LogP contribution < -0.4 is 10.6 Å². The average molecular weight is 691 g/mol. The van der Waals surface area contributed by atoms with Crippen molar-refractivity contribution in [2.24, 2.45) is 5.92 Å². The van der Waals surface area contributed by atoms with Gasteiger partial charge >= 0.3 is 6.09 Å². The number of rotatable bonds is 7. The molecule has 0 aromatic heterocycles. The lowest BCUT2D eigenvalue weighted by Crippen LogP contribution is -2.27. The van der Waals surface area contributed by atoms with Gasteiger partial charge in [-0.25, -0.2) is 4.79 Å². The first-order chi connectivity index (χ1) is 19.5. The summed E-state index contributed by atoms with van der Waals surface area (Å²) in [5, 5.41) is 6.33. The minimum atomic E-state index is -1.39. The molecule has 0 spiro atoms. The van der Waals surface area contributed by atoms with Crippen LogP contribution in [-0.4, -0.2) is 27.7 Å². The van der Waals surface area contributed by atoms with Gasteiger partial charge in [-0.3, -0.25) is 14.9 Å². The second-order valence-corrected chi connectivity index (χ2v) is 14.0. The van der Waals surface area contributed by atoms with Crippen molar-refractivity contribution in [3.8, 4) is 0 Å². The number of anilines is 2. The lowest BCUT2D eigenvalue weighted by Gasteiger charge is -2.20. The molecule has 2 amide bonds. The van der Waals surface area contributed by atoms with Crippen molar-refractivity contribution in [2.75, 3.05) is 10.6 Å². The first kappa shape index (κ1) is 32.7. The lowest BCUT2D eigenvalue weighted by atomic mass is 9.98. The Kier molecular flexibility index (Phi) is 9.68. The Morgan fingerprint density at radius 2 is 1.45 bits per heavy atom. The molecule has 3 aromatic carbocycles. The van der Waals surface area contributed by atoms with Gasteiger partial charge in [-0.05, 0) is 86.8 Å². The molecule has 2 N–H and O–H groups in total. The molecule has 42 heavy (non-hydrogen) atoms. The summed E-state index contributed by atoms with van der Waals surface area (Å²) < 4.78 is 3.89. The van der Waals surface area contributed by atoms with Crippen LogP contribution in [0.2, 0.25) is 20.1 Å². The topological polar surface area (TPSA) is 84.5 Å². The standard InChI is InChI=1S/C30H26Cl6N2O4/c1-14-9-17(38-28(41)42-29(2,3)4)6-5-15(14)12-23(39)19-13-18(7-8-20(19)31)37-27(40)25-24(30(25,35)36)16-10-21(32)26(34)22(33)11-16/h5-11,13,24-25H,12H2,1-4H3,(H,37,40)(H,38,41). The van der Waals surface area contributed by atoms with E-state index in [2.05, 4.69) is 10.6 Å². The van der Waals surface area contributed by atoms with E-state index in [1.165, 1.54) is 12.1 Å². The van der Waals surface area contributed by atoms with Gasteiger partial charge in [0.15, 0.2) is 5.78 Å². The molecule has 0 radical (unpaired) electrons. The molecule has 222 valence electrons. The smallest absolute Gasteiger partial charge is 0.412 e. The van der Waals surface area contributed by atoms with Gasteiger partial charge in [-0.1, -0.05) is 52.5 Å². The number of halogens is 6. The molecule has 0 aliphatic heterocycles. The third kappa shape index (κ3) is 7.47. The molecular weight excluding hydrogens is 665 g/mol. The highest BCUT2D eigenvalue weighted by Gasteiger charge is 2.67. The summed E-state index contributed by atoms with van der Waals surface area (Å²) in [5.74, 6) is -2.08. The van der Waals surface area contributed by atoms with Gasteiger partial charge in [-0.15, -0.1) is 23.2 Å². The average Bonchev–Trinajstić information content (AvgIpc) is 3.45. The number of nitrogens with one attached hydrogen (secondary N) is 2. The van der Waals surface area contributed by atoms with E-state index in [1.54, 1.807) is 57.2 Å². The Balaban J connectivity index is 1.45. The largest absolute Gasteiger partial charge is 0.444 e. The van der Waals surface area contributed by atoms with E-state index in [-0.39, 0.29) is 37.9 Å². The molecule has 0 saturated heterocycles. The second kappa shape index (κ2) is 12.4. The number of ketones is 1. The highest BCUT2D eigenvalue weighted by molar-refractivity contribution is 6.54. The predicted molar refractivity (Wildman–Crippen MR) is 171 cm³/mol. The summed E-state index contributed by atoms with van der Waals surface area (Å²) in [5.41, 5.74) is 2.61. The lowest BCUT2D eigenvalue weighted by molar-refractivity contribution is -0.117. The van der Waals surface area contributed by atoms with E-state index in [0.717, 1.165) is 11.1 Å². The van der Waals surface area contributed by atoms with Crippen molar-refractivity contribution < 1.29 is 19.1 Å². The zero-order chi connectivity index (χ0) is 31.1. The van der Waals surface area contributed by atoms with E-state index in [9.17, 15) is 14.4 Å². The molecular formula is C30H26Cl6N2O4. The molecule has 1 saturated carbocycles. The summed E-state index contributed by atoms with van der Waals surface area (Å²) in [7, 11) is 0. The number of aryl methyl sites for hydroxylation is 1. The van der Waals surface area contributed by atoms with Gasteiger partial charge in [0.1, 0.15) is 9.93 Å². The molecule has 0 heterocycles. The number of hydrogen-bond donors (Lipinski definition) is 2. The minimum absolute atomic E-state index is 0.0466. The van der Waals surface area contributed by atoms with Crippen molar-refractivity contribution in [3.05, 3.63) is 90.9 Å². The Morgan fingerprint density at radius 1 is 0.857 bits per heavy atom. The molecule has 3 aromatic rings. The van der Waals surface area contributed by atoms with Crippen LogP contribution in [0.25, 0.3) is 0 Å². The van der Waals surface area contributed by atoms with Crippen molar-refractivity contribution in [1.82, 2.24) is 0 Å². The predicted octanol–water partition coefficient (Wildman–Crippen LogP) is 9.91. The number of benzene rings is 3. The van der Waals surface area contributed by atoms with Gasteiger partial charge in [0.05, 0.1) is 26.0 Å². The van der Waals surface area contributed by atoms with Gasteiger partial charge in [0.2, 0.25) is 5.91 Å². The van der Waals surface area contributed by atoms with E-state index >= 15 is 0 Å². The monoisotopic (exact) mass is 688 g/mol. The fourth-order valence-electron chi connectivity index (χ4n) is 4.52. The first-order valence-electron chi connectivity index (χ1n) is 12.7. The Labute approximate surface area is 273 Å². The fraction of sp³-hybridized carbons (Fsp3) is 0.300. The quantitative estimate of drug-likeness (QED) is 0.147. The fourth-order valence-corrected chi connectivity index (χ4v) is 6.18. The van der Waals surface area contributed by atoms with Crippen molar-refractivity contribution >= 4 is 98.8 Å². The van der Waals surface area contributed by atoms with E-state index in [1.807, 2.05) is 6.92 Å². The van der Waals surface area contributed by atoms with Crippen LogP contribution in [0.15, 0.2) is 48.5 Å². The Morgan fingerprint density at radius 3 is 2.05 bits per heavy atom. The number of hydrogen-bond acceptors (Lipinski definition) is 4. The van der Waals surface area contributed by atoms with Crippen LogP contribution in [0.3, 0.4) is 0 Å². The Bertz CT molecular complexity index is 1560. The van der Waals surface area contributed by atoms with Crippen molar-refractivity contribution in [1.29, 1.82) is 0 Å². The van der Waals surface area contributed by atoms with Crippen LogP contribution in [0, 0.1) is 12.8 Å².